The van der Waals surface area contributed by atoms with E-state index in [4.69, 9.17) is 11.5 Å². The number of hydrogen-bond acceptors (Lipinski definition) is 2. The maximum atomic E-state index is 5.88. The standard InChI is InChI=1S/C6H16BIN2/c1-5(2,9)7(8)6(3,4)10/h9-10H2,1-4H3. The van der Waals surface area contributed by atoms with Gasteiger partial charge in [-0.15, -0.1) is 22.4 Å². The molecule has 2 nitrogen and oxygen atoms in total. The minimum atomic E-state index is -0.196. The lowest BCUT2D eigenvalue weighted by molar-refractivity contribution is 0.644. The van der Waals surface area contributed by atoms with Crippen molar-refractivity contribution >= 4 is 26.9 Å². The Kier molecular flexibility index (Phi) is 3.20. The maximum Gasteiger partial charge on any atom is 0.258 e. The van der Waals surface area contributed by atoms with Gasteiger partial charge in [0.1, 0.15) is 0 Å². The van der Waals surface area contributed by atoms with E-state index in [9.17, 15) is 0 Å². The monoisotopic (exact) mass is 254 g/mol. The van der Waals surface area contributed by atoms with Gasteiger partial charge in [0.15, 0.2) is 0 Å². The van der Waals surface area contributed by atoms with Gasteiger partial charge in [-0.3, -0.25) is 0 Å². The second kappa shape index (κ2) is 2.99. The third-order valence-corrected chi connectivity index (χ3v) is 4.52. The highest BCUT2D eigenvalue weighted by molar-refractivity contribution is 14.1. The van der Waals surface area contributed by atoms with E-state index >= 15 is 0 Å². The van der Waals surface area contributed by atoms with Crippen LogP contribution in [0.25, 0.3) is 0 Å². The van der Waals surface area contributed by atoms with E-state index in [0.717, 1.165) is 0 Å². The van der Waals surface area contributed by atoms with Crippen molar-refractivity contribution in [3.63, 3.8) is 0 Å². The summed E-state index contributed by atoms with van der Waals surface area (Å²) in [5.41, 5.74) is 11.4. The fourth-order valence-corrected chi connectivity index (χ4v) is 0.959. The van der Waals surface area contributed by atoms with Crippen molar-refractivity contribution in [3.05, 3.63) is 0 Å². The molecule has 0 aliphatic rings. The highest BCUT2D eigenvalue weighted by Gasteiger charge is 2.37. The number of rotatable bonds is 2. The molecule has 0 saturated carbocycles. The van der Waals surface area contributed by atoms with E-state index in [1.807, 2.05) is 27.7 Å². The second-order valence-corrected chi connectivity index (χ2v) is 5.25. The number of hydrogen-bond donors (Lipinski definition) is 2. The number of halogens is 1. The summed E-state index contributed by atoms with van der Waals surface area (Å²) in [5.74, 6) is 0. The largest absolute Gasteiger partial charge is 0.331 e. The Morgan fingerprint density at radius 2 is 1.20 bits per heavy atom. The average molecular weight is 254 g/mol. The molecule has 4 N–H and O–H groups in total. The van der Waals surface area contributed by atoms with E-state index in [1.165, 1.54) is 0 Å². The molecule has 0 aliphatic carbocycles. The number of nitrogens with two attached hydrogens (primary N) is 2. The van der Waals surface area contributed by atoms with Crippen LogP contribution < -0.4 is 11.5 Å². The topological polar surface area (TPSA) is 52.0 Å². The van der Waals surface area contributed by atoms with Crippen LogP contribution in [0.2, 0.25) is 0 Å². The van der Waals surface area contributed by atoms with Gasteiger partial charge in [-0.05, 0) is 10.9 Å². The predicted molar refractivity (Wildman–Crippen MR) is 56.3 cm³/mol. The molecule has 0 saturated heterocycles. The first kappa shape index (κ1) is 10.7. The molecule has 0 atom stereocenters. The van der Waals surface area contributed by atoms with Crippen molar-refractivity contribution < 1.29 is 0 Å². The molecule has 0 radical (unpaired) electrons. The summed E-state index contributed by atoms with van der Waals surface area (Å²) in [6.45, 7) is 7.99. The van der Waals surface area contributed by atoms with Crippen molar-refractivity contribution in [3.8, 4) is 0 Å². The summed E-state index contributed by atoms with van der Waals surface area (Å²) < 4.78 is 0.289. The van der Waals surface area contributed by atoms with Gasteiger partial charge in [0.2, 0.25) is 0 Å². The molecule has 60 valence electrons. The maximum absolute atomic E-state index is 5.88. The quantitative estimate of drug-likeness (QED) is 0.569. The van der Waals surface area contributed by atoms with Crippen LogP contribution >= 0.6 is 22.4 Å². The molecular formula is C6H16BIN2. The third kappa shape index (κ3) is 3.21. The molecule has 0 amide bonds. The molecule has 0 fully saturated rings. The molecule has 0 aliphatic heterocycles. The van der Waals surface area contributed by atoms with Gasteiger partial charge in [0.25, 0.3) is 4.57 Å². The average Bonchev–Trinajstić information content (AvgIpc) is 1.59. The molecule has 0 heterocycles. The van der Waals surface area contributed by atoms with Crippen molar-refractivity contribution in [2.45, 2.75) is 38.6 Å². The van der Waals surface area contributed by atoms with Crippen LogP contribution in [0.4, 0.5) is 0 Å². The predicted octanol–water partition coefficient (Wildman–Crippen LogP) is 0.966. The van der Waals surface area contributed by atoms with Crippen molar-refractivity contribution in [2.75, 3.05) is 0 Å². The van der Waals surface area contributed by atoms with Gasteiger partial charge in [0, 0.05) is 0 Å². The molecule has 0 bridgehead atoms. The van der Waals surface area contributed by atoms with E-state index in [1.54, 1.807) is 0 Å². The zero-order chi connectivity index (χ0) is 8.58. The highest BCUT2D eigenvalue weighted by Crippen LogP contribution is 2.20. The van der Waals surface area contributed by atoms with Gasteiger partial charge in [0.05, 0.1) is 0 Å². The summed E-state index contributed by atoms with van der Waals surface area (Å²) in [7, 11) is 0. The molecule has 0 unspecified atom stereocenters. The van der Waals surface area contributed by atoms with Gasteiger partial charge in [-0.25, -0.2) is 0 Å². The smallest absolute Gasteiger partial charge is 0.258 e. The SMILES string of the molecule is CC(C)(N)B(I)C(C)(C)N. The van der Waals surface area contributed by atoms with Crippen LogP contribution in [-0.2, 0) is 0 Å². The van der Waals surface area contributed by atoms with E-state index in [2.05, 4.69) is 22.4 Å². The molecular weight excluding hydrogens is 238 g/mol. The summed E-state index contributed by atoms with van der Waals surface area (Å²) in [5, 5.41) is 0. The Balaban J connectivity index is 4.23. The zero-order valence-corrected chi connectivity index (χ0v) is 9.27. The van der Waals surface area contributed by atoms with E-state index in [-0.39, 0.29) is 15.4 Å². The Morgan fingerprint density at radius 3 is 1.20 bits per heavy atom. The third-order valence-electron chi connectivity index (χ3n) is 1.31. The first-order chi connectivity index (χ1) is 4.15. The highest BCUT2D eigenvalue weighted by atomic mass is 127. The molecule has 4 heteroatoms. The molecule has 0 rings (SSSR count). The molecule has 0 aromatic carbocycles. The normalized spacial score (nSPS) is 13.5. The van der Waals surface area contributed by atoms with Crippen LogP contribution in [0.15, 0.2) is 0 Å². The fraction of sp³-hybridized carbons (Fsp3) is 1.00. The van der Waals surface area contributed by atoms with Gasteiger partial charge < -0.3 is 11.5 Å². The van der Waals surface area contributed by atoms with Gasteiger partial charge >= 0.3 is 0 Å². The van der Waals surface area contributed by atoms with Crippen molar-refractivity contribution in [1.29, 1.82) is 0 Å². The summed E-state index contributed by atoms with van der Waals surface area (Å²) in [6, 6.07) is 0. The van der Waals surface area contributed by atoms with Gasteiger partial charge in [-0.1, -0.05) is 27.7 Å². The molecule has 10 heavy (non-hydrogen) atoms. The van der Waals surface area contributed by atoms with Crippen molar-refractivity contribution in [1.82, 2.24) is 0 Å². The minimum Gasteiger partial charge on any atom is -0.331 e. The van der Waals surface area contributed by atoms with Crippen LogP contribution in [0.3, 0.4) is 0 Å². The summed E-state index contributed by atoms with van der Waals surface area (Å²) in [6.07, 6.45) is 0. The Hall–Kier alpha value is 0.715. The molecule has 0 spiro atoms. The van der Waals surface area contributed by atoms with Crippen molar-refractivity contribution in [2.24, 2.45) is 11.5 Å². The first-order valence-corrected chi connectivity index (χ1v) is 4.62. The van der Waals surface area contributed by atoms with E-state index < -0.39 is 0 Å². The Labute approximate surface area is 77.1 Å². The lowest BCUT2D eigenvalue weighted by Gasteiger charge is -2.32. The lowest BCUT2D eigenvalue weighted by Crippen LogP contribution is -2.60. The second-order valence-electron chi connectivity index (χ2n) is 4.01. The minimum absolute atomic E-state index is 0.196. The van der Waals surface area contributed by atoms with Crippen LogP contribution in [0.1, 0.15) is 27.7 Å². The summed E-state index contributed by atoms with van der Waals surface area (Å²) in [4.78, 5) is 0. The molecule has 0 aromatic heterocycles. The zero-order valence-electron chi connectivity index (χ0n) is 7.11. The van der Waals surface area contributed by atoms with Crippen LogP contribution in [-0.4, -0.2) is 15.4 Å². The fourth-order valence-electron chi connectivity index (χ4n) is 0.959. The van der Waals surface area contributed by atoms with Crippen LogP contribution in [0, 0.1) is 0 Å². The Morgan fingerprint density at radius 1 is 1.00 bits per heavy atom. The Bertz CT molecular complexity index is 99.9. The molecule has 0 aromatic rings. The van der Waals surface area contributed by atoms with Crippen LogP contribution in [0.5, 0.6) is 0 Å². The lowest BCUT2D eigenvalue weighted by atomic mass is 9.48. The van der Waals surface area contributed by atoms with E-state index in [0.29, 0.717) is 0 Å². The van der Waals surface area contributed by atoms with Gasteiger partial charge in [-0.2, -0.15) is 0 Å². The first-order valence-electron chi connectivity index (χ1n) is 3.37. The summed E-state index contributed by atoms with van der Waals surface area (Å²) >= 11 is 2.31.